The number of nitrogens with one attached hydrogen (secondary N) is 1. The van der Waals surface area contributed by atoms with Crippen LogP contribution in [-0.2, 0) is 10.1 Å². The van der Waals surface area contributed by atoms with Crippen molar-refractivity contribution in [3.05, 3.63) is 0 Å². The van der Waals surface area contributed by atoms with E-state index in [0.717, 1.165) is 0 Å². The maximum atomic E-state index is 10.7. The Kier molecular flexibility index (Phi) is 5.34. The second kappa shape index (κ2) is 5.29. The number of nitrogens with zero attached hydrogens (tertiary/aromatic N) is 1. The molecule has 1 heterocycles. The molecule has 78 valence electrons. The third-order valence-corrected chi connectivity index (χ3v) is 2.89. The number of carboxylic acid groups (broad SMARTS) is 1. The van der Waals surface area contributed by atoms with Gasteiger partial charge in [0, 0.05) is 19.6 Å². The molecule has 0 aromatic rings. The van der Waals surface area contributed by atoms with E-state index < -0.39 is 21.6 Å². The molecule has 0 aromatic heterocycles. The number of piperazine rings is 1. The Morgan fingerprint density at radius 1 is 1.57 bits per heavy atom. The van der Waals surface area contributed by atoms with E-state index >= 15 is 0 Å². The van der Waals surface area contributed by atoms with Crippen molar-refractivity contribution in [3.63, 3.8) is 0 Å². The van der Waals surface area contributed by atoms with Gasteiger partial charge in [0.25, 0.3) is 10.1 Å². The second-order valence-electron chi connectivity index (χ2n) is 2.65. The van der Waals surface area contributed by atoms with E-state index in [2.05, 4.69) is 5.32 Å². The van der Waals surface area contributed by atoms with Crippen molar-refractivity contribution in [3.8, 4) is 0 Å². The van der Waals surface area contributed by atoms with Crippen LogP contribution < -0.4 is 34.9 Å². The van der Waals surface area contributed by atoms with Gasteiger partial charge in [-0.25, -0.2) is 4.79 Å². The Hall–Kier alpha value is 0.140. The Bertz CT molecular complexity index is 311. The quantitative estimate of drug-likeness (QED) is 0.314. The summed E-state index contributed by atoms with van der Waals surface area (Å²) in [6.45, 7) is 0.364. The molecule has 1 rings (SSSR count). The molecule has 0 aromatic carbocycles. The molecule has 14 heavy (non-hydrogen) atoms. The normalized spacial score (nSPS) is 22.6. The first-order valence-electron chi connectivity index (χ1n) is 3.59. The zero-order chi connectivity index (χ0) is 10.1. The summed E-state index contributed by atoms with van der Waals surface area (Å²) in [5, 5.41) is 9.89. The molecule has 1 unspecified atom stereocenters. The number of amides is 1. The van der Waals surface area contributed by atoms with Gasteiger partial charge in [-0.15, -0.1) is 0 Å². The molecule has 1 fully saturated rings. The molecule has 9 heteroatoms. The minimum absolute atomic E-state index is 0. The third-order valence-electron chi connectivity index (χ3n) is 1.79. The summed E-state index contributed by atoms with van der Waals surface area (Å²) in [6.07, 6.45) is -1.34. The number of hydrogen-bond donors (Lipinski definition) is 3. The van der Waals surface area contributed by atoms with Gasteiger partial charge in [-0.2, -0.15) is 8.42 Å². The summed E-state index contributed by atoms with van der Waals surface area (Å²) in [7, 11) is -4.34. The van der Waals surface area contributed by atoms with Crippen LogP contribution in [0.1, 0.15) is 1.43 Å². The largest absolute Gasteiger partial charge is 1.00 e. The molecule has 1 amide bonds. The number of hydrogen-bond acceptors (Lipinski definition) is 4. The van der Waals surface area contributed by atoms with E-state index in [9.17, 15) is 13.2 Å². The molecular formula is C5H11N2NaO5S. The molecule has 1 atom stereocenters. The van der Waals surface area contributed by atoms with Crippen molar-refractivity contribution in [2.75, 3.05) is 19.6 Å². The maximum absolute atomic E-state index is 10.7. The van der Waals surface area contributed by atoms with Gasteiger partial charge in [0.1, 0.15) is 0 Å². The van der Waals surface area contributed by atoms with Crippen LogP contribution in [0.25, 0.3) is 0 Å². The molecular weight excluding hydrogens is 223 g/mol. The Morgan fingerprint density at radius 3 is 2.50 bits per heavy atom. The third kappa shape index (κ3) is 3.37. The molecule has 7 nitrogen and oxygen atoms in total. The fourth-order valence-electron chi connectivity index (χ4n) is 1.16. The predicted octanol–water partition coefficient (Wildman–Crippen LogP) is -4.10. The Labute approximate surface area is 105 Å². The zero-order valence-corrected chi connectivity index (χ0v) is 10.5. The Morgan fingerprint density at radius 2 is 2.14 bits per heavy atom. The van der Waals surface area contributed by atoms with Gasteiger partial charge in [0.2, 0.25) is 0 Å². The molecule has 1 saturated heterocycles. The van der Waals surface area contributed by atoms with Crippen molar-refractivity contribution in [1.29, 1.82) is 0 Å². The summed E-state index contributed by atoms with van der Waals surface area (Å²) in [4.78, 5) is 11.2. The van der Waals surface area contributed by atoms with Gasteiger partial charge >= 0.3 is 35.7 Å². The van der Waals surface area contributed by atoms with E-state index in [4.69, 9.17) is 9.66 Å². The van der Waals surface area contributed by atoms with Crippen molar-refractivity contribution >= 4 is 16.2 Å². The van der Waals surface area contributed by atoms with Gasteiger partial charge in [-0.1, -0.05) is 0 Å². The van der Waals surface area contributed by atoms with Crippen molar-refractivity contribution < 1.29 is 53.9 Å². The SMILES string of the molecule is O=C(O)N1CCNCC1S(=O)(=O)O.[H-].[Na+]. The molecule has 0 bridgehead atoms. The summed E-state index contributed by atoms with van der Waals surface area (Å²) in [6, 6.07) is 0. The summed E-state index contributed by atoms with van der Waals surface area (Å²) in [5.74, 6) is 0. The minimum atomic E-state index is -4.34. The predicted molar refractivity (Wildman–Crippen MR) is 44.0 cm³/mol. The summed E-state index contributed by atoms with van der Waals surface area (Å²) >= 11 is 0. The van der Waals surface area contributed by atoms with E-state index in [1.54, 1.807) is 0 Å². The second-order valence-corrected chi connectivity index (χ2v) is 4.22. The molecule has 3 N–H and O–H groups in total. The van der Waals surface area contributed by atoms with Crippen LogP contribution in [0.2, 0.25) is 0 Å². The zero-order valence-electron chi connectivity index (χ0n) is 8.67. The standard InChI is InChI=1S/C5H10N2O5S.Na.H/c8-5(9)7-2-1-6-3-4(7)13(10,11)12;;/h4,6H,1-3H2,(H,8,9)(H,10,11,12);;/q;+1;-1. The van der Waals surface area contributed by atoms with Gasteiger partial charge in [-0.3, -0.25) is 9.45 Å². The van der Waals surface area contributed by atoms with Crippen LogP contribution in [-0.4, -0.2) is 54.1 Å². The first kappa shape index (κ1) is 14.1. The van der Waals surface area contributed by atoms with E-state index in [1.807, 2.05) is 0 Å². The van der Waals surface area contributed by atoms with Crippen LogP contribution in [0.15, 0.2) is 0 Å². The minimum Gasteiger partial charge on any atom is -1.00 e. The van der Waals surface area contributed by atoms with Crippen molar-refractivity contribution in [2.24, 2.45) is 0 Å². The molecule has 1 aliphatic rings. The molecule has 1 aliphatic heterocycles. The van der Waals surface area contributed by atoms with Crippen LogP contribution in [0.5, 0.6) is 0 Å². The average Bonchev–Trinajstić information content (AvgIpc) is 2.03. The van der Waals surface area contributed by atoms with Crippen molar-refractivity contribution in [2.45, 2.75) is 5.37 Å². The van der Waals surface area contributed by atoms with Crippen LogP contribution in [0.3, 0.4) is 0 Å². The number of rotatable bonds is 1. The summed E-state index contributed by atoms with van der Waals surface area (Å²) in [5.41, 5.74) is 0. The first-order valence-corrected chi connectivity index (χ1v) is 5.10. The van der Waals surface area contributed by atoms with Crippen LogP contribution >= 0.6 is 0 Å². The van der Waals surface area contributed by atoms with Gasteiger partial charge in [0.15, 0.2) is 5.37 Å². The average molecular weight is 234 g/mol. The van der Waals surface area contributed by atoms with Crippen LogP contribution in [0.4, 0.5) is 4.79 Å². The summed E-state index contributed by atoms with van der Waals surface area (Å²) < 4.78 is 30.1. The first-order chi connectivity index (χ1) is 5.93. The monoisotopic (exact) mass is 234 g/mol. The molecule has 0 spiro atoms. The van der Waals surface area contributed by atoms with Gasteiger partial charge in [-0.05, 0) is 0 Å². The van der Waals surface area contributed by atoms with Crippen molar-refractivity contribution in [1.82, 2.24) is 10.2 Å². The van der Waals surface area contributed by atoms with Gasteiger partial charge < -0.3 is 11.8 Å². The smallest absolute Gasteiger partial charge is 1.00 e. The van der Waals surface area contributed by atoms with Crippen LogP contribution in [0, 0.1) is 0 Å². The molecule has 0 saturated carbocycles. The van der Waals surface area contributed by atoms with E-state index in [1.165, 1.54) is 0 Å². The molecule has 0 aliphatic carbocycles. The number of carbonyl (C=O) groups is 1. The van der Waals surface area contributed by atoms with E-state index in [0.29, 0.717) is 11.4 Å². The Balaban J connectivity index is 0. The maximum Gasteiger partial charge on any atom is 1.00 e. The molecule has 0 radical (unpaired) electrons. The van der Waals surface area contributed by atoms with E-state index in [-0.39, 0.29) is 44.1 Å². The fourth-order valence-corrected chi connectivity index (χ4v) is 2.01. The fraction of sp³-hybridized carbons (Fsp3) is 0.800. The topological polar surface area (TPSA) is 107 Å². The van der Waals surface area contributed by atoms with Gasteiger partial charge in [0.05, 0.1) is 0 Å².